The number of aromatic nitrogens is 2. The van der Waals surface area contributed by atoms with Gasteiger partial charge in [-0.15, -0.1) is 11.3 Å². The van der Waals surface area contributed by atoms with Gasteiger partial charge in [0.2, 0.25) is 5.91 Å². The number of thiophene rings is 1. The summed E-state index contributed by atoms with van der Waals surface area (Å²) in [7, 11) is 0. The van der Waals surface area contributed by atoms with Crippen LogP contribution in [0.4, 0.5) is 5.69 Å². The van der Waals surface area contributed by atoms with Crippen LogP contribution in [-0.2, 0) is 9.53 Å². The van der Waals surface area contributed by atoms with Gasteiger partial charge in [0, 0.05) is 30.4 Å². The lowest BCUT2D eigenvalue weighted by Crippen LogP contribution is -2.27. The molecule has 10 heteroatoms. The molecule has 0 saturated carbocycles. The number of carbonyl (C=O) groups is 3. The van der Waals surface area contributed by atoms with E-state index in [9.17, 15) is 14.4 Å². The fraction of sp³-hybridized carbons (Fsp3) is 0.375. The van der Waals surface area contributed by atoms with Gasteiger partial charge in [0.05, 0.1) is 28.6 Å². The first-order chi connectivity index (χ1) is 16.4. The van der Waals surface area contributed by atoms with Crippen molar-refractivity contribution in [3.8, 4) is 0 Å². The molecule has 1 saturated heterocycles. The van der Waals surface area contributed by atoms with Crippen LogP contribution in [0.2, 0.25) is 0 Å². The Morgan fingerprint density at radius 3 is 2.65 bits per heavy atom. The topological polar surface area (TPSA) is 101 Å². The van der Waals surface area contributed by atoms with Crippen molar-refractivity contribution in [1.29, 1.82) is 0 Å². The third kappa shape index (κ3) is 5.23. The summed E-state index contributed by atoms with van der Waals surface area (Å²) < 4.78 is 5.19. The summed E-state index contributed by atoms with van der Waals surface area (Å²) in [6.07, 6.45) is 3.63. The molecule has 1 aliphatic rings. The molecule has 0 spiro atoms. The van der Waals surface area contributed by atoms with Crippen LogP contribution in [0.5, 0.6) is 0 Å². The van der Waals surface area contributed by atoms with Gasteiger partial charge in [0.1, 0.15) is 9.71 Å². The molecule has 3 aromatic heterocycles. The summed E-state index contributed by atoms with van der Waals surface area (Å²) in [5.74, 6) is -0.654. The highest BCUT2D eigenvalue weighted by atomic mass is 32.2. The molecule has 8 nitrogen and oxygen atoms in total. The molecular formula is C24H26N4O4S2. The summed E-state index contributed by atoms with van der Waals surface area (Å²) in [6.45, 7) is 7.37. The standard InChI is InChI=1S/C24H26N4O4S2/c1-4-32-24(31)21-20(19-14(2)11-15(3)26-22(19)34-21)27-17(29)13-33-18-8-7-16(12-25-18)23(30)28-9-5-6-10-28/h7-8,11-12H,4-6,9-10,13H2,1-3H3,(H,27,29). The summed E-state index contributed by atoms with van der Waals surface area (Å²) >= 11 is 2.48. The van der Waals surface area contributed by atoms with E-state index in [-0.39, 0.29) is 24.2 Å². The van der Waals surface area contributed by atoms with Gasteiger partial charge in [0.25, 0.3) is 5.91 Å². The summed E-state index contributed by atoms with van der Waals surface area (Å²) in [6, 6.07) is 5.42. The Hall–Kier alpha value is -2.98. The molecule has 0 atom stereocenters. The Kier molecular flexibility index (Phi) is 7.47. The van der Waals surface area contributed by atoms with Gasteiger partial charge in [-0.3, -0.25) is 9.59 Å². The molecular weight excluding hydrogens is 472 g/mol. The quantitative estimate of drug-likeness (QED) is 0.379. The Balaban J connectivity index is 1.46. The first-order valence-corrected chi connectivity index (χ1v) is 12.9. The van der Waals surface area contributed by atoms with Crippen molar-refractivity contribution < 1.29 is 19.1 Å². The van der Waals surface area contributed by atoms with Gasteiger partial charge in [-0.25, -0.2) is 14.8 Å². The molecule has 1 aliphatic heterocycles. The van der Waals surface area contributed by atoms with E-state index in [0.717, 1.165) is 42.6 Å². The highest BCUT2D eigenvalue weighted by molar-refractivity contribution is 7.99. The number of rotatable bonds is 7. The Bertz CT molecular complexity index is 1230. The third-order valence-electron chi connectivity index (χ3n) is 5.44. The van der Waals surface area contributed by atoms with Crippen molar-refractivity contribution in [3.05, 3.63) is 46.1 Å². The number of pyridine rings is 2. The van der Waals surface area contributed by atoms with E-state index in [1.165, 1.54) is 23.1 Å². The van der Waals surface area contributed by atoms with Gasteiger partial charge in [-0.2, -0.15) is 0 Å². The number of aryl methyl sites for hydroxylation is 2. The molecule has 1 N–H and O–H groups in total. The van der Waals surface area contributed by atoms with Gasteiger partial charge in [-0.1, -0.05) is 11.8 Å². The second kappa shape index (κ2) is 10.5. The van der Waals surface area contributed by atoms with Crippen molar-refractivity contribution in [2.45, 2.75) is 38.6 Å². The second-order valence-corrected chi connectivity index (χ2v) is 10.0. The molecule has 1 fully saturated rings. The SMILES string of the molecule is CCOC(=O)c1sc2nc(C)cc(C)c2c1NC(=O)CSc1ccc(C(=O)N2CCCC2)cn1. The fourth-order valence-electron chi connectivity index (χ4n) is 3.91. The highest BCUT2D eigenvalue weighted by Gasteiger charge is 2.24. The monoisotopic (exact) mass is 498 g/mol. The van der Waals surface area contributed by atoms with Gasteiger partial charge in [0.15, 0.2) is 0 Å². The normalized spacial score (nSPS) is 13.3. The van der Waals surface area contributed by atoms with Crippen molar-refractivity contribution in [3.63, 3.8) is 0 Å². The van der Waals surface area contributed by atoms with Crippen LogP contribution in [0.3, 0.4) is 0 Å². The van der Waals surface area contributed by atoms with Crippen LogP contribution in [-0.4, -0.2) is 58.1 Å². The highest BCUT2D eigenvalue weighted by Crippen LogP contribution is 2.38. The maximum absolute atomic E-state index is 12.8. The second-order valence-electron chi connectivity index (χ2n) is 8.01. The average Bonchev–Trinajstić information content (AvgIpc) is 3.46. The predicted octanol–water partition coefficient (Wildman–Crippen LogP) is 4.45. The van der Waals surface area contributed by atoms with Crippen LogP contribution in [0.1, 0.15) is 51.1 Å². The number of carbonyl (C=O) groups excluding carboxylic acids is 3. The van der Waals surface area contributed by atoms with Gasteiger partial charge in [-0.05, 0) is 57.4 Å². The van der Waals surface area contributed by atoms with Gasteiger partial charge < -0.3 is 15.0 Å². The predicted molar refractivity (Wildman–Crippen MR) is 134 cm³/mol. The maximum atomic E-state index is 12.8. The Morgan fingerprint density at radius 1 is 1.21 bits per heavy atom. The maximum Gasteiger partial charge on any atom is 0.350 e. The van der Waals surface area contributed by atoms with Crippen molar-refractivity contribution in [2.24, 2.45) is 0 Å². The Labute approximate surface area is 206 Å². The lowest BCUT2D eigenvalue weighted by Gasteiger charge is -2.14. The number of amides is 2. The molecule has 0 aliphatic carbocycles. The lowest BCUT2D eigenvalue weighted by molar-refractivity contribution is -0.113. The number of fused-ring (bicyclic) bond motifs is 1. The van der Waals surface area contributed by atoms with Crippen molar-refractivity contribution >= 4 is 56.8 Å². The molecule has 4 rings (SSSR count). The van der Waals surface area contributed by atoms with E-state index >= 15 is 0 Å². The zero-order valence-corrected chi connectivity index (χ0v) is 21.0. The first-order valence-electron chi connectivity index (χ1n) is 11.1. The number of ether oxygens (including phenoxy) is 1. The molecule has 0 radical (unpaired) electrons. The minimum absolute atomic E-state index is 0.00524. The molecule has 2 amide bonds. The summed E-state index contributed by atoms with van der Waals surface area (Å²) in [4.78, 5) is 49.5. The van der Waals surface area contributed by atoms with E-state index in [4.69, 9.17) is 4.74 Å². The minimum atomic E-state index is -0.481. The zero-order valence-electron chi connectivity index (χ0n) is 19.3. The van der Waals surface area contributed by atoms with Crippen molar-refractivity contribution in [2.75, 3.05) is 30.8 Å². The first kappa shape index (κ1) is 24.2. The molecule has 0 bridgehead atoms. The molecule has 34 heavy (non-hydrogen) atoms. The number of nitrogens with zero attached hydrogens (tertiary/aromatic N) is 3. The van der Waals surface area contributed by atoms with Crippen molar-refractivity contribution in [1.82, 2.24) is 14.9 Å². The number of likely N-dealkylation sites (tertiary alicyclic amines) is 1. The third-order valence-corrected chi connectivity index (χ3v) is 7.45. The van der Waals surface area contributed by atoms with E-state index in [2.05, 4.69) is 15.3 Å². The lowest BCUT2D eigenvalue weighted by atomic mass is 10.1. The molecule has 3 aromatic rings. The molecule has 178 valence electrons. The summed E-state index contributed by atoms with van der Waals surface area (Å²) in [5, 5.41) is 4.28. The largest absolute Gasteiger partial charge is 0.462 e. The van der Waals surface area contributed by atoms with Crippen LogP contribution in [0, 0.1) is 13.8 Å². The van der Waals surface area contributed by atoms with Crippen LogP contribution in [0.25, 0.3) is 10.2 Å². The Morgan fingerprint density at radius 2 is 1.97 bits per heavy atom. The van der Waals surface area contributed by atoms with Crippen LogP contribution >= 0.6 is 23.1 Å². The number of anilines is 1. The number of hydrogen-bond acceptors (Lipinski definition) is 8. The molecule has 4 heterocycles. The molecule has 0 aromatic carbocycles. The fourth-order valence-corrected chi connectivity index (χ4v) is 5.70. The number of thioether (sulfide) groups is 1. The van der Waals surface area contributed by atoms with Crippen LogP contribution < -0.4 is 5.32 Å². The van der Waals surface area contributed by atoms with E-state index < -0.39 is 5.97 Å². The smallest absolute Gasteiger partial charge is 0.350 e. The van der Waals surface area contributed by atoms with E-state index in [1.54, 1.807) is 25.3 Å². The van der Waals surface area contributed by atoms with Crippen LogP contribution in [0.15, 0.2) is 29.4 Å². The zero-order chi connectivity index (χ0) is 24.2. The van der Waals surface area contributed by atoms with Gasteiger partial charge >= 0.3 is 5.97 Å². The number of nitrogens with one attached hydrogen (secondary N) is 1. The minimum Gasteiger partial charge on any atom is -0.462 e. The van der Waals surface area contributed by atoms with E-state index in [1.807, 2.05) is 24.8 Å². The summed E-state index contributed by atoms with van der Waals surface area (Å²) in [5.41, 5.74) is 2.76. The van der Waals surface area contributed by atoms with E-state index in [0.29, 0.717) is 26.0 Å². The average molecular weight is 499 g/mol. The number of hydrogen-bond donors (Lipinski definition) is 1. The molecule has 0 unspecified atom stereocenters. The number of esters is 1.